The summed E-state index contributed by atoms with van der Waals surface area (Å²) < 4.78 is 6.01. The van der Waals surface area contributed by atoms with Crippen molar-refractivity contribution in [2.45, 2.75) is 31.6 Å². The van der Waals surface area contributed by atoms with Crippen molar-refractivity contribution < 1.29 is 29.6 Å². The second kappa shape index (κ2) is 16.4. The number of phenolic OH excluding ortho intramolecular Hbond substituents is 1. The van der Waals surface area contributed by atoms with E-state index in [-0.39, 0.29) is 23.8 Å². The molecule has 4 aromatic carbocycles. The standard InChI is InChI=1S/C38H40N4O7/c1-42(21-6-5-20-39-23-33(44)30-16-18-32(43)36-31(30)17-19-34(45)40-36)37(46)27-14-12-25(13-15-27)24-49-29-11-7-10-28(22-29)35(41-38(47)48)26-8-3-2-4-9-26/h2-4,7-19,22,33,35,39,41,43-44H,5-6,20-21,23-24H2,1H3,(H,40,45)(H,47,48)/t33?,35-/m0/s1. The summed E-state index contributed by atoms with van der Waals surface area (Å²) >= 11 is 0. The molecule has 11 heteroatoms. The van der Waals surface area contributed by atoms with Crippen LogP contribution >= 0.6 is 0 Å². The lowest BCUT2D eigenvalue weighted by Gasteiger charge is -2.19. The maximum atomic E-state index is 13.0. The SMILES string of the molecule is CN(CCCCNCC(O)c1ccc(O)c2[nH]c(=O)ccc12)C(=O)c1ccc(COc2cccc([C@@H](NC(=O)O)c3ccccc3)c2)cc1. The van der Waals surface area contributed by atoms with Gasteiger partial charge < -0.3 is 40.6 Å². The van der Waals surface area contributed by atoms with E-state index in [4.69, 9.17) is 4.74 Å². The zero-order valence-corrected chi connectivity index (χ0v) is 27.1. The maximum absolute atomic E-state index is 13.0. The van der Waals surface area contributed by atoms with Gasteiger partial charge in [0.1, 0.15) is 18.1 Å². The molecule has 0 aliphatic carbocycles. The van der Waals surface area contributed by atoms with Crippen LogP contribution in [0.2, 0.25) is 0 Å². The summed E-state index contributed by atoms with van der Waals surface area (Å²) in [5.41, 5.74) is 3.61. The normalized spacial score (nSPS) is 12.3. The Bertz CT molecular complexity index is 1930. The number of H-pyrrole nitrogens is 1. The highest BCUT2D eigenvalue weighted by Gasteiger charge is 2.18. The number of ether oxygens (including phenoxy) is 1. The maximum Gasteiger partial charge on any atom is 0.405 e. The van der Waals surface area contributed by atoms with Crippen molar-refractivity contribution in [1.82, 2.24) is 20.5 Å². The molecular formula is C38H40N4O7. The first-order valence-corrected chi connectivity index (χ1v) is 16.0. The Labute approximate surface area is 283 Å². The first-order chi connectivity index (χ1) is 23.7. The lowest BCUT2D eigenvalue weighted by atomic mass is 9.98. The quantitative estimate of drug-likeness (QED) is 0.0817. The average Bonchev–Trinajstić information content (AvgIpc) is 3.11. The van der Waals surface area contributed by atoms with Gasteiger partial charge in [0.15, 0.2) is 0 Å². The molecule has 2 atom stereocenters. The third-order valence-corrected chi connectivity index (χ3v) is 8.25. The van der Waals surface area contributed by atoms with Crippen LogP contribution in [0.4, 0.5) is 4.79 Å². The summed E-state index contributed by atoms with van der Waals surface area (Å²) in [5.74, 6) is 0.463. The molecule has 0 spiro atoms. The van der Waals surface area contributed by atoms with E-state index >= 15 is 0 Å². The molecule has 254 valence electrons. The van der Waals surface area contributed by atoms with E-state index in [2.05, 4.69) is 15.6 Å². The van der Waals surface area contributed by atoms with Gasteiger partial charge in [-0.25, -0.2) is 4.79 Å². The highest BCUT2D eigenvalue weighted by molar-refractivity contribution is 5.94. The number of amides is 2. The number of rotatable bonds is 15. The fraction of sp³-hybridized carbons (Fsp3) is 0.237. The number of aromatic nitrogens is 1. The number of carbonyl (C=O) groups excluding carboxylic acids is 1. The van der Waals surface area contributed by atoms with Gasteiger partial charge in [-0.1, -0.05) is 60.7 Å². The van der Waals surface area contributed by atoms with Gasteiger partial charge in [0, 0.05) is 37.2 Å². The number of hydrogen-bond acceptors (Lipinski definition) is 7. The van der Waals surface area contributed by atoms with Gasteiger partial charge in [0.25, 0.3) is 5.91 Å². The van der Waals surface area contributed by atoms with Crippen molar-refractivity contribution in [3.8, 4) is 11.5 Å². The molecule has 5 aromatic rings. The van der Waals surface area contributed by atoms with Crippen LogP contribution in [0.15, 0.2) is 108 Å². The Morgan fingerprint density at radius 3 is 2.41 bits per heavy atom. The predicted molar refractivity (Wildman–Crippen MR) is 187 cm³/mol. The molecule has 0 aliphatic heterocycles. The first-order valence-electron chi connectivity index (χ1n) is 16.0. The van der Waals surface area contributed by atoms with Gasteiger partial charge in [-0.15, -0.1) is 0 Å². The number of pyridine rings is 1. The number of aliphatic hydroxyl groups is 1. The number of aliphatic hydroxyl groups excluding tert-OH is 1. The van der Waals surface area contributed by atoms with Gasteiger partial charge in [-0.05, 0) is 78.0 Å². The molecule has 2 amide bonds. The Balaban J connectivity index is 1.05. The molecule has 0 saturated heterocycles. The van der Waals surface area contributed by atoms with Crippen molar-refractivity contribution in [3.05, 3.63) is 141 Å². The van der Waals surface area contributed by atoms with Gasteiger partial charge in [-0.3, -0.25) is 9.59 Å². The number of fused-ring (bicyclic) bond motifs is 1. The molecule has 0 aliphatic rings. The minimum Gasteiger partial charge on any atom is -0.506 e. The second-order valence-corrected chi connectivity index (χ2v) is 11.8. The predicted octanol–water partition coefficient (Wildman–Crippen LogP) is 5.35. The Morgan fingerprint density at radius 2 is 1.65 bits per heavy atom. The van der Waals surface area contributed by atoms with E-state index in [9.17, 15) is 29.7 Å². The van der Waals surface area contributed by atoms with E-state index in [1.54, 1.807) is 36.2 Å². The number of nitrogens with zero attached hydrogens (tertiary/aromatic N) is 1. The van der Waals surface area contributed by atoms with Crippen LogP contribution < -0.4 is 20.9 Å². The van der Waals surface area contributed by atoms with Crippen LogP contribution in [0.1, 0.15) is 57.6 Å². The number of phenols is 1. The van der Waals surface area contributed by atoms with E-state index in [1.807, 2.05) is 66.7 Å². The van der Waals surface area contributed by atoms with Gasteiger partial charge >= 0.3 is 6.09 Å². The summed E-state index contributed by atoms with van der Waals surface area (Å²) in [7, 11) is 1.77. The monoisotopic (exact) mass is 664 g/mol. The van der Waals surface area contributed by atoms with Gasteiger partial charge in [0.05, 0.1) is 17.7 Å². The summed E-state index contributed by atoms with van der Waals surface area (Å²) in [6.07, 6.45) is -0.381. The number of carboxylic acid groups (broad SMARTS) is 1. The molecule has 6 N–H and O–H groups in total. The zero-order chi connectivity index (χ0) is 34.8. The molecule has 1 unspecified atom stereocenters. The third kappa shape index (κ3) is 9.25. The number of aromatic amines is 1. The highest BCUT2D eigenvalue weighted by atomic mass is 16.5. The number of unbranched alkanes of at least 4 members (excludes halogenated alkanes) is 1. The first kappa shape index (κ1) is 34.7. The summed E-state index contributed by atoms with van der Waals surface area (Å²) in [4.78, 5) is 40.4. The molecule has 0 bridgehead atoms. The van der Waals surface area contributed by atoms with Crippen LogP contribution in [0.3, 0.4) is 0 Å². The minimum absolute atomic E-state index is 0.0509. The number of nitrogens with one attached hydrogen (secondary N) is 3. The fourth-order valence-corrected chi connectivity index (χ4v) is 5.64. The van der Waals surface area contributed by atoms with E-state index < -0.39 is 18.2 Å². The highest BCUT2D eigenvalue weighted by Crippen LogP contribution is 2.29. The van der Waals surface area contributed by atoms with Gasteiger partial charge in [0.2, 0.25) is 5.56 Å². The van der Waals surface area contributed by atoms with E-state index in [1.165, 1.54) is 12.1 Å². The Kier molecular flexibility index (Phi) is 11.6. The molecule has 0 fully saturated rings. The molecule has 1 heterocycles. The van der Waals surface area contributed by atoms with Crippen molar-refractivity contribution in [1.29, 1.82) is 0 Å². The Hall–Kier alpha value is -5.65. The molecule has 5 rings (SSSR count). The van der Waals surface area contributed by atoms with Gasteiger partial charge in [-0.2, -0.15) is 0 Å². The molecule has 1 aromatic heterocycles. The number of carbonyl (C=O) groups is 2. The van der Waals surface area contributed by atoms with Crippen molar-refractivity contribution in [2.24, 2.45) is 0 Å². The second-order valence-electron chi connectivity index (χ2n) is 11.8. The smallest absolute Gasteiger partial charge is 0.405 e. The lowest BCUT2D eigenvalue weighted by Crippen LogP contribution is -2.29. The lowest BCUT2D eigenvalue weighted by molar-refractivity contribution is 0.0792. The summed E-state index contributed by atoms with van der Waals surface area (Å²) in [6, 6.07) is 29.4. The van der Waals surface area contributed by atoms with Crippen molar-refractivity contribution in [3.63, 3.8) is 0 Å². The largest absolute Gasteiger partial charge is 0.506 e. The number of hydrogen-bond donors (Lipinski definition) is 6. The molecular weight excluding hydrogens is 624 g/mol. The third-order valence-electron chi connectivity index (χ3n) is 8.25. The zero-order valence-electron chi connectivity index (χ0n) is 27.1. The van der Waals surface area contributed by atoms with E-state index in [0.717, 1.165) is 29.5 Å². The summed E-state index contributed by atoms with van der Waals surface area (Å²) in [6.45, 7) is 1.79. The number of benzene rings is 4. The molecule has 11 nitrogen and oxygen atoms in total. The van der Waals surface area contributed by atoms with Crippen molar-refractivity contribution >= 4 is 22.9 Å². The molecule has 0 saturated carbocycles. The summed E-state index contributed by atoms with van der Waals surface area (Å²) in [5, 5.41) is 36.6. The number of aromatic hydroxyl groups is 1. The van der Waals surface area contributed by atoms with Crippen LogP contribution in [-0.4, -0.2) is 63.9 Å². The van der Waals surface area contributed by atoms with E-state index in [0.29, 0.717) is 47.4 Å². The fourth-order valence-electron chi connectivity index (χ4n) is 5.64. The van der Waals surface area contributed by atoms with Crippen LogP contribution in [0, 0.1) is 0 Å². The topological polar surface area (TPSA) is 164 Å². The van der Waals surface area contributed by atoms with Crippen LogP contribution in [0.5, 0.6) is 11.5 Å². The Morgan fingerprint density at radius 1 is 0.898 bits per heavy atom. The average molecular weight is 665 g/mol. The molecule has 0 radical (unpaired) electrons. The van der Waals surface area contributed by atoms with Crippen molar-refractivity contribution in [2.75, 3.05) is 26.7 Å². The van der Waals surface area contributed by atoms with Crippen LogP contribution in [-0.2, 0) is 6.61 Å². The minimum atomic E-state index is -1.12. The van der Waals surface area contributed by atoms with Crippen LogP contribution in [0.25, 0.3) is 10.9 Å². The molecule has 49 heavy (non-hydrogen) atoms.